The van der Waals surface area contributed by atoms with Gasteiger partial charge in [0, 0.05) is 21.8 Å². The molecular formula is C24H19N7Na2O9S5. The number of nitrogens with one attached hydrogen (secondary N) is 1. The van der Waals surface area contributed by atoms with Crippen LogP contribution in [0.1, 0.15) is 10.7 Å². The van der Waals surface area contributed by atoms with Crippen LogP contribution in [0.3, 0.4) is 0 Å². The number of nitrogens with two attached hydrogens (primary N) is 1. The Morgan fingerprint density at radius 1 is 1.23 bits per heavy atom. The molecule has 0 aliphatic carbocycles. The van der Waals surface area contributed by atoms with Crippen LogP contribution < -0.4 is 80.4 Å². The van der Waals surface area contributed by atoms with Crippen molar-refractivity contribution in [3.8, 4) is 11.5 Å². The van der Waals surface area contributed by atoms with Crippen LogP contribution in [0.25, 0.3) is 0 Å². The summed E-state index contributed by atoms with van der Waals surface area (Å²) in [7, 11) is 0. The number of aromatic nitrogens is 3. The topological polar surface area (TPSA) is 256 Å². The monoisotopic (exact) mass is 755 g/mol. The van der Waals surface area contributed by atoms with E-state index in [0.717, 1.165) is 33.4 Å². The second-order valence-corrected chi connectivity index (χ2v) is 14.5. The van der Waals surface area contributed by atoms with Crippen LogP contribution in [0.5, 0.6) is 11.5 Å². The molecule has 2 aliphatic rings. The number of benzene rings is 1. The van der Waals surface area contributed by atoms with Gasteiger partial charge in [0.1, 0.15) is 22.1 Å². The van der Waals surface area contributed by atoms with Crippen molar-refractivity contribution in [3.63, 3.8) is 0 Å². The fourth-order valence-electron chi connectivity index (χ4n) is 3.99. The number of carboxylic acids is 2. The van der Waals surface area contributed by atoms with Gasteiger partial charge in [0.2, 0.25) is 5.44 Å². The van der Waals surface area contributed by atoms with Crippen LogP contribution in [0.15, 0.2) is 49.2 Å². The van der Waals surface area contributed by atoms with Crippen molar-refractivity contribution < 1.29 is 104 Å². The Hall–Kier alpha value is -2.05. The molecule has 3 aromatic rings. The smallest absolute Gasteiger partial charge is 0.545 e. The zero-order valence-corrected chi connectivity index (χ0v) is 32.6. The summed E-state index contributed by atoms with van der Waals surface area (Å²) in [5, 5.41) is 58.6. The van der Waals surface area contributed by atoms with E-state index < -0.39 is 57.8 Å². The van der Waals surface area contributed by atoms with E-state index in [0.29, 0.717) is 21.7 Å². The number of thioether (sulfide) groups is 3. The van der Waals surface area contributed by atoms with Gasteiger partial charge in [0.05, 0.1) is 17.6 Å². The predicted octanol–water partition coefficient (Wildman–Crippen LogP) is -6.91. The van der Waals surface area contributed by atoms with Crippen molar-refractivity contribution >= 4 is 92.6 Å². The standard InChI is InChI=1S/C24H21N7O9S5.2Na/c1-8-28-29-24(44-8)43-6-9-5-41-19-15(18(35)31(19)16(9)20(36)37)27-17(34)14(11-7-42-23(25)26-11)30-40-22(21(38)39)45-10-2-3-12(32)13(33)4-10;;/h2-4,7,15,19,22,32-33H,5-6H2,1H3,(H2,25,26)(H,27,34)(H,36,37)(H,38,39);;/q;2*+1/p-2/b30-14-;;/t15-,19+,22-;;/m1../s1. The van der Waals surface area contributed by atoms with E-state index in [1.54, 1.807) is 6.92 Å². The third-order valence-corrected chi connectivity index (χ3v) is 11.1. The fraction of sp³-hybridized carbons (Fsp3) is 0.250. The number of hydrogen-bond donors (Lipinski definition) is 4. The second-order valence-electron chi connectivity index (χ2n) is 9.01. The number of aliphatic carboxylic acids is 2. The van der Waals surface area contributed by atoms with E-state index in [-0.39, 0.29) is 92.0 Å². The zero-order valence-electron chi connectivity index (χ0n) is 24.6. The van der Waals surface area contributed by atoms with E-state index in [4.69, 9.17) is 10.6 Å². The molecule has 2 aromatic heterocycles. The minimum absolute atomic E-state index is 0. The number of phenols is 2. The number of anilines is 1. The summed E-state index contributed by atoms with van der Waals surface area (Å²) in [6.07, 6.45) is 0. The van der Waals surface area contributed by atoms with Crippen LogP contribution in [0.4, 0.5) is 5.13 Å². The molecule has 0 spiro atoms. The molecule has 16 nitrogen and oxygen atoms in total. The van der Waals surface area contributed by atoms with Crippen LogP contribution >= 0.6 is 58.0 Å². The number of aryl methyl sites for hydroxylation is 1. The Morgan fingerprint density at radius 3 is 2.57 bits per heavy atom. The number of carbonyl (C=O) groups excluding carboxylic acids is 4. The summed E-state index contributed by atoms with van der Waals surface area (Å²) in [5.74, 6) is -5.41. The number of nitrogen functional groups attached to an aromatic ring is 1. The van der Waals surface area contributed by atoms with E-state index >= 15 is 0 Å². The Bertz CT molecular complexity index is 1750. The molecule has 0 radical (unpaired) electrons. The largest absolute Gasteiger partial charge is 1.00 e. The number of amides is 2. The molecule has 5 rings (SSSR count). The molecule has 0 bridgehead atoms. The Kier molecular flexibility index (Phi) is 14.3. The minimum Gasteiger partial charge on any atom is -0.545 e. The van der Waals surface area contributed by atoms with Crippen molar-refractivity contribution in [1.82, 2.24) is 25.4 Å². The number of carboxylic acid groups (broad SMARTS) is 2. The van der Waals surface area contributed by atoms with Gasteiger partial charge in [0.25, 0.3) is 11.8 Å². The first kappa shape index (κ1) is 39.4. The maximum Gasteiger partial charge on any atom is 1.00 e. The molecule has 5 N–H and O–H groups in total. The molecule has 0 saturated carbocycles. The number of rotatable bonds is 12. The molecule has 0 unspecified atom stereocenters. The summed E-state index contributed by atoms with van der Waals surface area (Å²) in [6, 6.07) is 2.37. The minimum atomic E-state index is -1.82. The number of hydrogen-bond acceptors (Lipinski definition) is 19. The van der Waals surface area contributed by atoms with E-state index in [1.165, 1.54) is 46.3 Å². The van der Waals surface area contributed by atoms with Crippen LogP contribution in [0, 0.1) is 6.92 Å². The third-order valence-electron chi connectivity index (χ3n) is 6.01. The first-order chi connectivity index (χ1) is 21.4. The molecule has 1 saturated heterocycles. The van der Waals surface area contributed by atoms with Gasteiger partial charge < -0.3 is 45.9 Å². The van der Waals surface area contributed by atoms with E-state index in [1.807, 2.05) is 0 Å². The molecule has 1 fully saturated rings. The van der Waals surface area contributed by atoms with E-state index in [9.17, 15) is 39.6 Å². The van der Waals surface area contributed by atoms with E-state index in [2.05, 4.69) is 25.7 Å². The first-order valence-corrected chi connectivity index (χ1v) is 17.0. The van der Waals surface area contributed by atoms with Crippen LogP contribution in [-0.4, -0.2) is 88.1 Å². The molecule has 236 valence electrons. The third kappa shape index (κ3) is 9.15. The van der Waals surface area contributed by atoms with Gasteiger partial charge >= 0.3 is 59.1 Å². The number of fused-ring (bicyclic) bond motifs is 1. The quantitative estimate of drug-likeness (QED) is 0.0255. The number of nitrogens with zero attached hydrogens (tertiary/aromatic N) is 5. The van der Waals surface area contributed by atoms with Gasteiger partial charge in [-0.05, 0) is 30.7 Å². The molecule has 23 heteroatoms. The summed E-state index contributed by atoms with van der Waals surface area (Å²) < 4.78 is 0.641. The normalized spacial score (nSPS) is 17.9. The molecule has 3 atom stereocenters. The van der Waals surface area contributed by atoms with Crippen LogP contribution in [0.2, 0.25) is 0 Å². The summed E-state index contributed by atoms with van der Waals surface area (Å²) in [4.78, 5) is 60.7. The van der Waals surface area contributed by atoms with Gasteiger partial charge in [-0.3, -0.25) is 14.5 Å². The molecule has 47 heavy (non-hydrogen) atoms. The molecular weight excluding hydrogens is 737 g/mol. The number of thiazole rings is 1. The summed E-state index contributed by atoms with van der Waals surface area (Å²) >= 11 is 5.38. The van der Waals surface area contributed by atoms with Gasteiger partial charge in [-0.1, -0.05) is 40.0 Å². The number of carbonyl (C=O) groups is 4. The van der Waals surface area contributed by atoms with Crippen molar-refractivity contribution in [2.45, 2.75) is 33.0 Å². The van der Waals surface area contributed by atoms with Crippen molar-refractivity contribution in [1.29, 1.82) is 0 Å². The van der Waals surface area contributed by atoms with Crippen LogP contribution in [-0.2, 0) is 24.0 Å². The SMILES string of the molecule is Cc1nnc(SCC2=C(C(=O)[O-])N3C(=O)[C@@H](NC(=O)/C(=N\O[C@H](Sc4ccc(O)c(O)c4)C(=O)[O-])c4csc(N)n4)[C@@H]3SC2)s1.[Na+].[Na+]. The van der Waals surface area contributed by atoms with Gasteiger partial charge in [-0.25, -0.2) is 4.98 Å². The van der Waals surface area contributed by atoms with Gasteiger partial charge in [0.15, 0.2) is 26.7 Å². The number of β-lactam (4-membered cyclic amide) rings is 1. The molecule has 1 aromatic carbocycles. The van der Waals surface area contributed by atoms with Crippen molar-refractivity contribution in [3.05, 3.63) is 45.6 Å². The number of phenolic OH excluding ortho intramolecular Hbond substituents is 2. The average molecular weight is 756 g/mol. The zero-order chi connectivity index (χ0) is 32.4. The summed E-state index contributed by atoms with van der Waals surface area (Å²) in [6.45, 7) is 1.79. The summed E-state index contributed by atoms with van der Waals surface area (Å²) in [5.41, 5.74) is 3.46. The number of oxime groups is 1. The Morgan fingerprint density at radius 2 is 1.98 bits per heavy atom. The van der Waals surface area contributed by atoms with Gasteiger partial charge in [-0.15, -0.1) is 33.3 Å². The maximum atomic E-state index is 13.4. The Balaban J connectivity index is 0.00000300. The number of aromatic hydroxyl groups is 2. The fourth-order valence-corrected chi connectivity index (χ4v) is 8.60. The predicted molar refractivity (Wildman–Crippen MR) is 161 cm³/mol. The van der Waals surface area contributed by atoms with Gasteiger partial charge in [-0.2, -0.15) is 0 Å². The molecule has 4 heterocycles. The molecule has 2 amide bonds. The second kappa shape index (κ2) is 17.1. The molecule has 2 aliphatic heterocycles. The average Bonchev–Trinajstić information content (AvgIpc) is 3.62. The maximum absolute atomic E-state index is 13.4. The Labute approximate surface area is 330 Å². The van der Waals surface area contributed by atoms with Crippen molar-refractivity contribution in [2.24, 2.45) is 5.16 Å². The van der Waals surface area contributed by atoms with Crippen molar-refractivity contribution in [2.75, 3.05) is 17.2 Å². The first-order valence-electron chi connectivity index (χ1n) is 12.4.